The predicted octanol–water partition coefficient (Wildman–Crippen LogP) is 20.3. The number of aliphatic hydroxyl groups is 2. The van der Waals surface area contributed by atoms with Crippen molar-refractivity contribution < 1.29 is 15.0 Å². The van der Waals surface area contributed by atoms with Crippen LogP contribution in [0.4, 0.5) is 0 Å². The Morgan fingerprint density at radius 3 is 1.00 bits per heavy atom. The van der Waals surface area contributed by atoms with Crippen molar-refractivity contribution in [2.75, 3.05) is 6.61 Å². The second kappa shape index (κ2) is 60.4. The molecule has 0 aromatic rings. The molecule has 2 atom stereocenters. The Bertz CT molecular complexity index is 1330. The highest BCUT2D eigenvalue weighted by Crippen LogP contribution is 2.16. The summed E-state index contributed by atoms with van der Waals surface area (Å²) in [5.41, 5.74) is 0. The van der Waals surface area contributed by atoms with Crippen LogP contribution in [-0.2, 0) is 4.79 Å². The van der Waals surface area contributed by atoms with Crippen LogP contribution >= 0.6 is 0 Å². The summed E-state index contributed by atoms with van der Waals surface area (Å²) in [6.07, 6.45) is 91.2. The smallest absolute Gasteiger partial charge is 0.220 e. The summed E-state index contributed by atoms with van der Waals surface area (Å²) in [6, 6.07) is -0.651. The van der Waals surface area contributed by atoms with Gasteiger partial charge in [0.25, 0.3) is 0 Å². The number of carbonyl (C=O) groups excluding carboxylic acids is 1. The summed E-state index contributed by atoms with van der Waals surface area (Å²) in [5.74, 6) is -0.0823. The average molecular weight is 971 g/mol. The van der Waals surface area contributed by atoms with Crippen molar-refractivity contribution in [1.82, 2.24) is 5.32 Å². The number of allylic oxidation sites excluding steroid dienone is 17. The average Bonchev–Trinajstić information content (AvgIpc) is 3.36. The Hall–Kier alpha value is -2.95. The third-order valence-electron chi connectivity index (χ3n) is 13.2. The van der Waals surface area contributed by atoms with Gasteiger partial charge in [-0.15, -0.1) is 0 Å². The van der Waals surface area contributed by atoms with E-state index in [1.807, 2.05) is 6.08 Å². The molecule has 0 radical (unpaired) electrons. The highest BCUT2D eigenvalue weighted by molar-refractivity contribution is 5.76. The van der Waals surface area contributed by atoms with E-state index in [1.165, 1.54) is 180 Å². The van der Waals surface area contributed by atoms with Gasteiger partial charge in [0.15, 0.2) is 0 Å². The topological polar surface area (TPSA) is 69.6 Å². The Balaban J connectivity index is 3.59. The van der Waals surface area contributed by atoms with Gasteiger partial charge >= 0.3 is 0 Å². The quantitative estimate of drug-likeness (QED) is 0.0420. The Kier molecular flexibility index (Phi) is 57.8. The maximum absolute atomic E-state index is 12.5. The van der Waals surface area contributed by atoms with Gasteiger partial charge in [0.05, 0.1) is 18.8 Å². The van der Waals surface area contributed by atoms with Crippen LogP contribution < -0.4 is 5.32 Å². The lowest BCUT2D eigenvalue weighted by atomic mass is 10.0. The molecule has 2 unspecified atom stereocenters. The molecule has 0 saturated carbocycles. The molecule has 4 heteroatoms. The lowest BCUT2D eigenvalue weighted by molar-refractivity contribution is -0.123. The second-order valence-corrected chi connectivity index (χ2v) is 20.0. The predicted molar refractivity (Wildman–Crippen MR) is 313 cm³/mol. The SMILES string of the molecule is CC/C=C\C/C=C\C/C=C\C/C=C\C/C=C\C/C=C\C/C=C\CCCCCCCCCCCC(=O)NC(CO)C(O)/C=C/CC/C=C/CCCCCCCCCCCCCCCCCCCCCCC. The van der Waals surface area contributed by atoms with Gasteiger partial charge in [0, 0.05) is 6.42 Å². The van der Waals surface area contributed by atoms with Gasteiger partial charge in [-0.25, -0.2) is 0 Å². The minimum absolute atomic E-state index is 0.0823. The molecule has 0 heterocycles. The van der Waals surface area contributed by atoms with Crippen molar-refractivity contribution >= 4 is 5.91 Å². The number of amides is 1. The van der Waals surface area contributed by atoms with E-state index in [1.54, 1.807) is 6.08 Å². The number of rotatable bonds is 54. The van der Waals surface area contributed by atoms with Crippen LogP contribution in [0.1, 0.15) is 284 Å². The summed E-state index contributed by atoms with van der Waals surface area (Å²) in [4.78, 5) is 12.5. The lowest BCUT2D eigenvalue weighted by Crippen LogP contribution is -2.45. The van der Waals surface area contributed by atoms with E-state index >= 15 is 0 Å². The zero-order chi connectivity index (χ0) is 50.6. The molecule has 0 aliphatic carbocycles. The van der Waals surface area contributed by atoms with E-state index in [-0.39, 0.29) is 12.5 Å². The minimum Gasteiger partial charge on any atom is -0.394 e. The molecule has 402 valence electrons. The highest BCUT2D eigenvalue weighted by Gasteiger charge is 2.18. The zero-order valence-corrected chi connectivity index (χ0v) is 46.3. The molecule has 3 N–H and O–H groups in total. The van der Waals surface area contributed by atoms with Gasteiger partial charge in [0.1, 0.15) is 0 Å². The van der Waals surface area contributed by atoms with Gasteiger partial charge in [-0.1, -0.05) is 297 Å². The van der Waals surface area contributed by atoms with Crippen LogP contribution in [0.3, 0.4) is 0 Å². The van der Waals surface area contributed by atoms with Crippen molar-refractivity contribution in [2.45, 2.75) is 296 Å². The molecule has 0 spiro atoms. The third-order valence-corrected chi connectivity index (χ3v) is 13.2. The first-order chi connectivity index (χ1) is 34.7. The van der Waals surface area contributed by atoms with Gasteiger partial charge in [-0.2, -0.15) is 0 Å². The fraction of sp³-hybridized carbons (Fsp3) is 0.712. The number of unbranched alkanes of at least 4 members (excludes halogenated alkanes) is 31. The molecular formula is C66H115NO3. The first kappa shape index (κ1) is 67.0. The molecular weight excluding hydrogens is 855 g/mol. The van der Waals surface area contributed by atoms with E-state index in [9.17, 15) is 15.0 Å². The van der Waals surface area contributed by atoms with Gasteiger partial charge in [-0.3, -0.25) is 4.79 Å². The monoisotopic (exact) mass is 970 g/mol. The van der Waals surface area contributed by atoms with E-state index in [4.69, 9.17) is 0 Å². The van der Waals surface area contributed by atoms with E-state index in [2.05, 4.69) is 116 Å². The second-order valence-electron chi connectivity index (χ2n) is 20.0. The molecule has 0 bridgehead atoms. The molecule has 4 nitrogen and oxygen atoms in total. The summed E-state index contributed by atoms with van der Waals surface area (Å²) in [7, 11) is 0. The summed E-state index contributed by atoms with van der Waals surface area (Å²) in [6.45, 7) is 4.20. The maximum Gasteiger partial charge on any atom is 0.220 e. The molecule has 0 aromatic carbocycles. The minimum atomic E-state index is -0.874. The molecule has 0 fully saturated rings. The number of hydrogen-bond donors (Lipinski definition) is 3. The molecule has 0 aliphatic heterocycles. The normalized spacial score (nSPS) is 13.6. The summed E-state index contributed by atoms with van der Waals surface area (Å²) in [5, 5.41) is 23.2. The zero-order valence-electron chi connectivity index (χ0n) is 46.3. The van der Waals surface area contributed by atoms with E-state index < -0.39 is 12.1 Å². The van der Waals surface area contributed by atoms with Crippen molar-refractivity contribution in [2.24, 2.45) is 0 Å². The van der Waals surface area contributed by atoms with Gasteiger partial charge < -0.3 is 15.5 Å². The van der Waals surface area contributed by atoms with Gasteiger partial charge in [-0.05, 0) is 89.9 Å². The largest absolute Gasteiger partial charge is 0.394 e. The first-order valence-corrected chi connectivity index (χ1v) is 30.1. The van der Waals surface area contributed by atoms with Crippen LogP contribution in [0.2, 0.25) is 0 Å². The molecule has 0 aromatic heterocycles. The molecule has 0 rings (SSSR count). The number of hydrogen-bond acceptors (Lipinski definition) is 3. The van der Waals surface area contributed by atoms with Crippen molar-refractivity contribution in [3.8, 4) is 0 Å². The molecule has 70 heavy (non-hydrogen) atoms. The third kappa shape index (κ3) is 56.0. The van der Waals surface area contributed by atoms with Crippen molar-refractivity contribution in [3.63, 3.8) is 0 Å². The molecule has 0 saturated heterocycles. The first-order valence-electron chi connectivity index (χ1n) is 30.1. The Labute approximate surface area is 436 Å². The van der Waals surface area contributed by atoms with Gasteiger partial charge in [0.2, 0.25) is 5.91 Å². The van der Waals surface area contributed by atoms with Crippen LogP contribution in [0.5, 0.6) is 0 Å². The number of aliphatic hydroxyl groups excluding tert-OH is 2. The summed E-state index contributed by atoms with van der Waals surface area (Å²) >= 11 is 0. The highest BCUT2D eigenvalue weighted by atomic mass is 16.3. The lowest BCUT2D eigenvalue weighted by Gasteiger charge is -2.19. The fourth-order valence-corrected chi connectivity index (χ4v) is 8.71. The van der Waals surface area contributed by atoms with Crippen molar-refractivity contribution in [1.29, 1.82) is 0 Å². The van der Waals surface area contributed by atoms with E-state index in [0.717, 1.165) is 83.5 Å². The summed E-state index contributed by atoms with van der Waals surface area (Å²) < 4.78 is 0. The number of nitrogens with one attached hydrogen (secondary N) is 1. The Morgan fingerprint density at radius 2 is 0.643 bits per heavy atom. The van der Waals surface area contributed by atoms with E-state index in [0.29, 0.717) is 6.42 Å². The van der Waals surface area contributed by atoms with Crippen LogP contribution in [-0.4, -0.2) is 34.9 Å². The Morgan fingerprint density at radius 1 is 0.357 bits per heavy atom. The molecule has 0 aliphatic rings. The van der Waals surface area contributed by atoms with Crippen LogP contribution in [0.15, 0.2) is 109 Å². The fourth-order valence-electron chi connectivity index (χ4n) is 8.71. The molecule has 1 amide bonds. The van der Waals surface area contributed by atoms with Crippen LogP contribution in [0, 0.1) is 0 Å². The van der Waals surface area contributed by atoms with Crippen LogP contribution in [0.25, 0.3) is 0 Å². The maximum atomic E-state index is 12.5. The standard InChI is InChI=1S/C66H115NO3/c1-3-5-7-9-11-13-15-17-19-21-23-25-27-29-31-32-33-34-36-38-40-42-44-46-48-50-52-54-56-58-60-62-66(70)67-64(63-68)65(69)61-59-57-55-53-51-49-47-45-43-41-39-37-35-30-28-26-24-22-20-18-16-14-12-10-8-6-4-2/h5,7,11,13,17,19,23,25,29,31,33-34,38,40,51,53,59,61,64-65,68-69H,3-4,6,8-10,12,14-16,18,20-22,24,26-28,30,32,35-37,39,41-50,52,54-58,60,62-63H2,1-2H3,(H,67,70)/b7-5-,13-11-,19-17-,25-23-,31-29-,34-33-,40-38-,53-51+,61-59+. The number of carbonyl (C=O) groups is 1. The van der Waals surface area contributed by atoms with Crippen molar-refractivity contribution in [3.05, 3.63) is 109 Å².